The molecule has 2 aliphatic rings. The van der Waals surface area contributed by atoms with Gasteiger partial charge in [-0.05, 0) is 30.7 Å². The van der Waals surface area contributed by atoms with Crippen molar-refractivity contribution < 1.29 is 57.6 Å². The number of carbonyl (C=O) groups excluding carboxylic acids is 6. The summed E-state index contributed by atoms with van der Waals surface area (Å²) in [6.45, 7) is 5.88. The van der Waals surface area contributed by atoms with E-state index in [0.29, 0.717) is 39.9 Å². The number of para-hydroxylation sites is 1. The first-order chi connectivity index (χ1) is 22.8. The Morgan fingerprint density at radius 1 is 0.875 bits per heavy atom. The molecule has 2 aliphatic heterocycles. The largest absolute Gasteiger partial charge is 0.494 e. The Morgan fingerprint density at radius 2 is 1.52 bits per heavy atom. The van der Waals surface area contributed by atoms with Gasteiger partial charge in [0, 0.05) is 50.3 Å². The van der Waals surface area contributed by atoms with E-state index in [1.807, 2.05) is 6.92 Å². The van der Waals surface area contributed by atoms with Crippen LogP contribution >= 0.6 is 0 Å². The maximum absolute atomic E-state index is 13.5. The summed E-state index contributed by atoms with van der Waals surface area (Å²) in [6, 6.07) is 11.3. The van der Waals surface area contributed by atoms with Gasteiger partial charge in [-0.2, -0.15) is 0 Å². The maximum Gasteiger partial charge on any atom is 0.303 e. The number of amides is 1. The third-order valence-electron chi connectivity index (χ3n) is 7.86. The van der Waals surface area contributed by atoms with E-state index in [2.05, 4.69) is 4.99 Å². The van der Waals surface area contributed by atoms with Gasteiger partial charge in [0.25, 0.3) is 5.91 Å². The predicted octanol–water partition coefficient (Wildman–Crippen LogP) is 1.94. The molecule has 14 nitrogen and oxygen atoms in total. The molecule has 0 spiro atoms. The topological polar surface area (TPSA) is 186 Å². The number of ether oxygens (including phenoxy) is 5. The highest BCUT2D eigenvalue weighted by molar-refractivity contribution is 6.25. The first kappa shape index (κ1) is 34.0. The van der Waals surface area contributed by atoms with E-state index in [1.54, 1.807) is 42.5 Å². The average Bonchev–Trinajstić information content (AvgIpc) is 3.48. The van der Waals surface area contributed by atoms with Crippen LogP contribution in [0.4, 0.5) is 0 Å². The fourth-order valence-electron chi connectivity index (χ4n) is 6.07. The lowest BCUT2D eigenvalue weighted by atomic mass is 9.97. The van der Waals surface area contributed by atoms with Crippen molar-refractivity contribution in [3.8, 4) is 5.88 Å². The van der Waals surface area contributed by atoms with Gasteiger partial charge in [-0.1, -0.05) is 25.1 Å². The van der Waals surface area contributed by atoms with Crippen molar-refractivity contribution in [1.82, 2.24) is 4.57 Å². The van der Waals surface area contributed by atoms with Crippen LogP contribution in [0.5, 0.6) is 5.88 Å². The Hall–Kier alpha value is -5.37. The summed E-state index contributed by atoms with van der Waals surface area (Å²) < 4.78 is 29.4. The Labute approximate surface area is 273 Å². The zero-order chi connectivity index (χ0) is 34.9. The van der Waals surface area contributed by atoms with Crippen LogP contribution in [0.2, 0.25) is 0 Å². The van der Waals surface area contributed by atoms with Gasteiger partial charge < -0.3 is 28.8 Å². The normalized spacial score (nSPS) is 21.6. The van der Waals surface area contributed by atoms with Gasteiger partial charge in [-0.25, -0.2) is 4.99 Å². The second-order valence-corrected chi connectivity index (χ2v) is 11.4. The molecule has 0 bridgehead atoms. The van der Waals surface area contributed by atoms with Gasteiger partial charge in [-0.3, -0.25) is 33.3 Å². The highest BCUT2D eigenvalue weighted by Gasteiger charge is 2.54. The Morgan fingerprint density at radius 3 is 2.17 bits per heavy atom. The summed E-state index contributed by atoms with van der Waals surface area (Å²) in [7, 11) is 0. The van der Waals surface area contributed by atoms with E-state index in [-0.39, 0.29) is 16.9 Å². The van der Waals surface area contributed by atoms with Crippen LogP contribution in [0, 0.1) is 0 Å². The van der Waals surface area contributed by atoms with Crippen molar-refractivity contribution in [1.29, 1.82) is 0 Å². The molecule has 14 heteroatoms. The first-order valence-electron chi connectivity index (χ1n) is 15.3. The van der Waals surface area contributed by atoms with E-state index >= 15 is 0 Å². The molecule has 1 saturated heterocycles. The maximum atomic E-state index is 13.5. The average molecular weight is 663 g/mol. The minimum atomic E-state index is -1.53. The lowest BCUT2D eigenvalue weighted by molar-refractivity contribution is -0.268. The SMILES string of the molecule is CCCC(=O)c1ccc2c(c1)=C(c1c(O)n(C3OC(COC(C)=O)C(OC(C)=O)C(OC(C)=O)C3OC(C)=O)c3ccccc13)C(=O)N=2. The van der Waals surface area contributed by atoms with Crippen LogP contribution in [-0.4, -0.2) is 76.3 Å². The molecule has 0 radical (unpaired) electrons. The predicted molar refractivity (Wildman–Crippen MR) is 165 cm³/mol. The van der Waals surface area contributed by atoms with Gasteiger partial charge in [-0.15, -0.1) is 0 Å². The molecule has 1 fully saturated rings. The van der Waals surface area contributed by atoms with Gasteiger partial charge in [0.15, 0.2) is 30.3 Å². The zero-order valence-electron chi connectivity index (χ0n) is 26.9. The summed E-state index contributed by atoms with van der Waals surface area (Å²) in [5.41, 5.74) is 0.763. The number of fused-ring (bicyclic) bond motifs is 2. The number of benzene rings is 2. The van der Waals surface area contributed by atoms with Crippen LogP contribution in [-0.2, 0) is 47.7 Å². The molecule has 0 saturated carbocycles. The number of Topliss-reactive ketones (excluding diaryl/α,β-unsaturated/α-hetero) is 1. The molecule has 3 heterocycles. The number of hydrogen-bond acceptors (Lipinski definition) is 12. The van der Waals surface area contributed by atoms with E-state index in [1.165, 1.54) is 4.57 Å². The van der Waals surface area contributed by atoms with Crippen LogP contribution in [0.3, 0.4) is 0 Å². The van der Waals surface area contributed by atoms with Crippen LogP contribution in [0.25, 0.3) is 16.5 Å². The number of aromatic nitrogens is 1. The molecule has 5 atom stereocenters. The minimum absolute atomic E-state index is 0.0224. The number of esters is 4. The molecule has 252 valence electrons. The van der Waals surface area contributed by atoms with Crippen molar-refractivity contribution in [3.05, 3.63) is 64.2 Å². The quantitative estimate of drug-likeness (QED) is 0.189. The number of nitrogens with zero attached hydrogens (tertiary/aromatic N) is 2. The molecular weight excluding hydrogens is 628 g/mol. The van der Waals surface area contributed by atoms with Gasteiger partial charge in [0.05, 0.1) is 22.0 Å². The second-order valence-electron chi connectivity index (χ2n) is 11.4. The van der Waals surface area contributed by atoms with Crippen molar-refractivity contribution in [2.75, 3.05) is 6.61 Å². The summed E-state index contributed by atoms with van der Waals surface area (Å²) in [5, 5.41) is 13.1. The van der Waals surface area contributed by atoms with Gasteiger partial charge >= 0.3 is 23.9 Å². The van der Waals surface area contributed by atoms with E-state index < -0.39 is 72.9 Å². The Balaban J connectivity index is 1.77. The Kier molecular flexibility index (Phi) is 9.75. The zero-order valence-corrected chi connectivity index (χ0v) is 26.9. The summed E-state index contributed by atoms with van der Waals surface area (Å²) in [4.78, 5) is 79.2. The van der Waals surface area contributed by atoms with Crippen molar-refractivity contribution in [2.45, 2.75) is 78.1 Å². The van der Waals surface area contributed by atoms with Crippen LogP contribution in [0.1, 0.15) is 69.6 Å². The third-order valence-corrected chi connectivity index (χ3v) is 7.86. The van der Waals surface area contributed by atoms with Crippen molar-refractivity contribution in [2.24, 2.45) is 4.99 Å². The molecule has 2 aromatic carbocycles. The number of rotatable bonds is 10. The van der Waals surface area contributed by atoms with Crippen LogP contribution < -0.4 is 10.6 Å². The molecule has 1 amide bonds. The van der Waals surface area contributed by atoms with E-state index in [4.69, 9.17) is 23.7 Å². The van der Waals surface area contributed by atoms with Crippen molar-refractivity contribution >= 4 is 52.0 Å². The van der Waals surface area contributed by atoms with E-state index in [9.17, 15) is 33.9 Å². The first-order valence-corrected chi connectivity index (χ1v) is 15.3. The third kappa shape index (κ3) is 6.56. The lowest BCUT2D eigenvalue weighted by Crippen LogP contribution is -2.60. The highest BCUT2D eigenvalue weighted by Crippen LogP contribution is 2.43. The standard InChI is InChI=1S/C34H34N2O12/c1-6-9-25(41)20-12-13-23-22(14-20)27(32(42)35-23)28-21-10-7-8-11-24(21)36(33(28)43)34-31(47-19(5)40)30(46-18(4)39)29(45-17(3)38)26(48-34)15-44-16(2)37/h7-8,10-14,26,29-31,34,43H,6,9,15H2,1-5H3. The minimum Gasteiger partial charge on any atom is -0.494 e. The summed E-state index contributed by atoms with van der Waals surface area (Å²) in [5.74, 6) is -4.40. The smallest absolute Gasteiger partial charge is 0.303 e. The number of aromatic hydroxyl groups is 1. The fourth-order valence-corrected chi connectivity index (χ4v) is 6.07. The Bertz CT molecular complexity index is 1960. The summed E-state index contributed by atoms with van der Waals surface area (Å²) >= 11 is 0. The molecule has 5 rings (SSSR count). The van der Waals surface area contributed by atoms with Gasteiger partial charge in [0.1, 0.15) is 12.7 Å². The van der Waals surface area contributed by atoms with Gasteiger partial charge in [0.2, 0.25) is 5.88 Å². The molecular formula is C34H34N2O12. The van der Waals surface area contributed by atoms with Crippen molar-refractivity contribution in [3.63, 3.8) is 0 Å². The second kappa shape index (κ2) is 13.8. The summed E-state index contributed by atoms with van der Waals surface area (Å²) in [6.07, 6.45) is -6.29. The molecule has 0 aliphatic carbocycles. The number of ketones is 1. The monoisotopic (exact) mass is 662 g/mol. The fraction of sp³-hybridized carbons (Fsp3) is 0.382. The molecule has 3 aromatic rings. The number of hydrogen-bond donors (Lipinski definition) is 1. The highest BCUT2D eigenvalue weighted by atomic mass is 16.7. The lowest BCUT2D eigenvalue weighted by Gasteiger charge is -2.45. The molecule has 48 heavy (non-hydrogen) atoms. The molecule has 1 N–H and O–H groups in total. The number of carbonyl (C=O) groups is 6. The van der Waals surface area contributed by atoms with E-state index in [0.717, 1.165) is 27.7 Å². The molecule has 1 aromatic heterocycles. The van der Waals surface area contributed by atoms with Crippen LogP contribution in [0.15, 0.2) is 47.5 Å². The molecule has 5 unspecified atom stereocenters.